The molecule has 22 heavy (non-hydrogen) atoms. The SMILES string of the molecule is O=C(O)[C@H]1CCN(C(=O)c2cc(=O)[nH]c3ccc(Br)cc23)C1. The summed E-state index contributed by atoms with van der Waals surface area (Å²) in [5.74, 6) is -1.74. The van der Waals surface area contributed by atoms with Crippen LogP contribution in [0.1, 0.15) is 16.8 Å². The van der Waals surface area contributed by atoms with Crippen molar-refractivity contribution in [3.05, 3.63) is 44.7 Å². The highest BCUT2D eigenvalue weighted by Crippen LogP contribution is 2.24. The lowest BCUT2D eigenvalue weighted by molar-refractivity contribution is -0.141. The van der Waals surface area contributed by atoms with Gasteiger partial charge < -0.3 is 15.0 Å². The average molecular weight is 365 g/mol. The molecule has 2 heterocycles. The summed E-state index contributed by atoms with van der Waals surface area (Å²) >= 11 is 3.35. The number of likely N-dealkylation sites (tertiary alicyclic amines) is 1. The predicted octanol–water partition coefficient (Wildman–Crippen LogP) is 1.84. The van der Waals surface area contributed by atoms with Gasteiger partial charge in [0.25, 0.3) is 5.91 Å². The summed E-state index contributed by atoms with van der Waals surface area (Å²) in [4.78, 5) is 39.6. The van der Waals surface area contributed by atoms with Gasteiger partial charge in [-0.15, -0.1) is 0 Å². The van der Waals surface area contributed by atoms with Crippen molar-refractivity contribution >= 4 is 38.7 Å². The molecule has 1 aliphatic heterocycles. The maximum Gasteiger partial charge on any atom is 0.308 e. The Kier molecular flexibility index (Phi) is 3.74. The minimum atomic E-state index is -0.895. The van der Waals surface area contributed by atoms with Crippen LogP contribution in [0.3, 0.4) is 0 Å². The Balaban J connectivity index is 2.02. The van der Waals surface area contributed by atoms with Crippen molar-refractivity contribution in [1.82, 2.24) is 9.88 Å². The van der Waals surface area contributed by atoms with E-state index in [0.717, 1.165) is 4.47 Å². The first kappa shape index (κ1) is 14.8. The fraction of sp³-hybridized carbons (Fsp3) is 0.267. The van der Waals surface area contributed by atoms with Gasteiger partial charge in [-0.25, -0.2) is 0 Å². The van der Waals surface area contributed by atoms with Crippen molar-refractivity contribution < 1.29 is 14.7 Å². The minimum absolute atomic E-state index is 0.177. The second-order valence-electron chi connectivity index (χ2n) is 5.31. The minimum Gasteiger partial charge on any atom is -0.481 e. The molecular formula is C15H13BrN2O4. The lowest BCUT2D eigenvalue weighted by Gasteiger charge is -2.17. The number of carboxylic acids is 1. The van der Waals surface area contributed by atoms with Crippen molar-refractivity contribution in [2.24, 2.45) is 5.92 Å². The highest BCUT2D eigenvalue weighted by molar-refractivity contribution is 9.10. The molecule has 0 spiro atoms. The predicted molar refractivity (Wildman–Crippen MR) is 83.9 cm³/mol. The zero-order valence-electron chi connectivity index (χ0n) is 11.5. The van der Waals surface area contributed by atoms with Crippen molar-refractivity contribution in [3.8, 4) is 0 Å². The molecule has 2 N–H and O–H groups in total. The molecule has 114 valence electrons. The van der Waals surface area contributed by atoms with E-state index in [2.05, 4.69) is 20.9 Å². The highest BCUT2D eigenvalue weighted by Gasteiger charge is 2.32. The van der Waals surface area contributed by atoms with Gasteiger partial charge in [-0.05, 0) is 24.6 Å². The molecular weight excluding hydrogens is 352 g/mol. The molecule has 1 aromatic carbocycles. The van der Waals surface area contributed by atoms with E-state index in [4.69, 9.17) is 5.11 Å². The maximum absolute atomic E-state index is 12.7. The van der Waals surface area contributed by atoms with Gasteiger partial charge in [-0.3, -0.25) is 14.4 Å². The molecule has 1 aliphatic rings. The Morgan fingerprint density at radius 2 is 2.09 bits per heavy atom. The number of aliphatic carboxylic acids is 1. The lowest BCUT2D eigenvalue weighted by Crippen LogP contribution is -2.31. The topological polar surface area (TPSA) is 90.5 Å². The number of aromatic nitrogens is 1. The normalized spacial score (nSPS) is 17.9. The zero-order valence-corrected chi connectivity index (χ0v) is 13.1. The number of halogens is 1. The Morgan fingerprint density at radius 1 is 1.32 bits per heavy atom. The van der Waals surface area contributed by atoms with Crippen LogP contribution in [0.2, 0.25) is 0 Å². The van der Waals surface area contributed by atoms with Gasteiger partial charge in [0.2, 0.25) is 5.56 Å². The van der Waals surface area contributed by atoms with Crippen LogP contribution in [0.15, 0.2) is 33.5 Å². The number of H-pyrrole nitrogens is 1. The number of amides is 1. The van der Waals surface area contributed by atoms with Crippen LogP contribution in [-0.4, -0.2) is 40.0 Å². The van der Waals surface area contributed by atoms with Gasteiger partial charge in [-0.2, -0.15) is 0 Å². The third kappa shape index (κ3) is 2.64. The molecule has 6 nitrogen and oxygen atoms in total. The average Bonchev–Trinajstić information content (AvgIpc) is 2.96. The number of fused-ring (bicyclic) bond motifs is 1. The van der Waals surface area contributed by atoms with Crippen LogP contribution >= 0.6 is 15.9 Å². The molecule has 0 radical (unpaired) electrons. The van der Waals surface area contributed by atoms with Crippen molar-refractivity contribution in [2.45, 2.75) is 6.42 Å². The number of carboxylic acid groups (broad SMARTS) is 1. The number of pyridine rings is 1. The summed E-state index contributed by atoms with van der Waals surface area (Å²) in [6, 6.07) is 6.54. The van der Waals surface area contributed by atoms with Crippen LogP contribution in [0.25, 0.3) is 10.9 Å². The monoisotopic (exact) mass is 364 g/mol. The summed E-state index contributed by atoms with van der Waals surface area (Å²) in [5, 5.41) is 9.67. The number of rotatable bonds is 2. The van der Waals surface area contributed by atoms with E-state index >= 15 is 0 Å². The lowest BCUT2D eigenvalue weighted by atomic mass is 10.1. The molecule has 7 heteroatoms. The van der Waals surface area contributed by atoms with E-state index in [-0.39, 0.29) is 18.0 Å². The standard InChI is InChI=1S/C15H13BrN2O4/c16-9-1-2-12-10(5-9)11(6-13(19)17-12)14(20)18-4-3-8(7-18)15(21)22/h1-2,5-6,8H,3-4,7H2,(H,17,19)(H,21,22)/t8-/m0/s1. The first-order chi connectivity index (χ1) is 10.5. The Bertz CT molecular complexity index is 830. The number of carbonyl (C=O) groups is 2. The zero-order chi connectivity index (χ0) is 15.9. The molecule has 0 bridgehead atoms. The molecule has 0 unspecified atom stereocenters. The van der Waals surface area contributed by atoms with E-state index in [9.17, 15) is 14.4 Å². The molecule has 2 aromatic rings. The van der Waals surface area contributed by atoms with E-state index in [1.807, 2.05) is 0 Å². The smallest absolute Gasteiger partial charge is 0.308 e. The second kappa shape index (κ2) is 5.57. The van der Waals surface area contributed by atoms with Gasteiger partial charge >= 0.3 is 5.97 Å². The van der Waals surface area contributed by atoms with E-state index in [1.54, 1.807) is 18.2 Å². The number of nitrogens with one attached hydrogen (secondary N) is 1. The van der Waals surface area contributed by atoms with E-state index < -0.39 is 11.9 Å². The number of hydrogen-bond donors (Lipinski definition) is 2. The first-order valence-electron chi connectivity index (χ1n) is 6.80. The number of nitrogens with zero attached hydrogens (tertiary/aromatic N) is 1. The molecule has 3 rings (SSSR count). The number of aromatic amines is 1. The van der Waals surface area contributed by atoms with Gasteiger partial charge in [0.1, 0.15) is 0 Å². The summed E-state index contributed by atoms with van der Waals surface area (Å²) in [6.45, 7) is 0.564. The molecule has 1 saturated heterocycles. The van der Waals surface area contributed by atoms with Crippen LogP contribution < -0.4 is 5.56 Å². The fourth-order valence-electron chi connectivity index (χ4n) is 2.72. The van der Waals surface area contributed by atoms with E-state index in [0.29, 0.717) is 29.4 Å². The summed E-state index contributed by atoms with van der Waals surface area (Å²) in [6.07, 6.45) is 0.436. The largest absolute Gasteiger partial charge is 0.481 e. The number of hydrogen-bond acceptors (Lipinski definition) is 3. The molecule has 0 aliphatic carbocycles. The molecule has 1 atom stereocenters. The molecule has 1 amide bonds. The van der Waals surface area contributed by atoms with E-state index in [1.165, 1.54) is 11.0 Å². The quantitative estimate of drug-likeness (QED) is 0.850. The van der Waals surface area contributed by atoms with Gasteiger partial charge in [0, 0.05) is 34.5 Å². The molecule has 1 aromatic heterocycles. The van der Waals surface area contributed by atoms with Crippen molar-refractivity contribution in [2.75, 3.05) is 13.1 Å². The third-order valence-electron chi connectivity index (χ3n) is 3.86. The van der Waals surface area contributed by atoms with Crippen LogP contribution in [0.4, 0.5) is 0 Å². The van der Waals surface area contributed by atoms with Crippen LogP contribution in [-0.2, 0) is 4.79 Å². The maximum atomic E-state index is 12.7. The van der Waals surface area contributed by atoms with Gasteiger partial charge in [0.15, 0.2) is 0 Å². The van der Waals surface area contributed by atoms with Gasteiger partial charge in [-0.1, -0.05) is 15.9 Å². The van der Waals surface area contributed by atoms with Crippen LogP contribution in [0.5, 0.6) is 0 Å². The Labute approximate surface area is 133 Å². The Hall–Kier alpha value is -2.15. The molecule has 0 saturated carbocycles. The van der Waals surface area contributed by atoms with Crippen molar-refractivity contribution in [3.63, 3.8) is 0 Å². The third-order valence-corrected chi connectivity index (χ3v) is 4.35. The molecule has 1 fully saturated rings. The fourth-order valence-corrected chi connectivity index (χ4v) is 3.08. The first-order valence-corrected chi connectivity index (χ1v) is 7.59. The Morgan fingerprint density at radius 3 is 2.77 bits per heavy atom. The highest BCUT2D eigenvalue weighted by atomic mass is 79.9. The second-order valence-corrected chi connectivity index (χ2v) is 6.23. The number of carbonyl (C=O) groups excluding carboxylic acids is 1. The van der Waals surface area contributed by atoms with Crippen LogP contribution in [0, 0.1) is 5.92 Å². The van der Waals surface area contributed by atoms with Crippen molar-refractivity contribution in [1.29, 1.82) is 0 Å². The number of benzene rings is 1. The summed E-state index contributed by atoms with van der Waals surface area (Å²) in [7, 11) is 0. The summed E-state index contributed by atoms with van der Waals surface area (Å²) < 4.78 is 0.797. The van der Waals surface area contributed by atoms with Gasteiger partial charge in [0.05, 0.1) is 11.5 Å². The summed E-state index contributed by atoms with van der Waals surface area (Å²) in [5.41, 5.74) is 0.520.